The van der Waals surface area contributed by atoms with Crippen molar-refractivity contribution in [2.75, 3.05) is 11.9 Å². The Hall–Kier alpha value is -1.75. The Balaban J connectivity index is 2.00. The second-order valence-electron chi connectivity index (χ2n) is 7.11. The molecule has 23 heavy (non-hydrogen) atoms. The Kier molecular flexibility index (Phi) is 4.90. The van der Waals surface area contributed by atoms with Crippen molar-refractivity contribution in [2.24, 2.45) is 0 Å². The standard InChI is InChI=1S/C17H24ClN3O2/c1-10-6-11(2)15(13(18)7-10)20-16(23)19-12-8-14(22)21(9-12)17(3,4)5/h6-7,12H,8-9H2,1-5H3,(H2,19,20,23). The van der Waals surface area contributed by atoms with Gasteiger partial charge in [0.2, 0.25) is 5.91 Å². The molecule has 2 rings (SSSR count). The molecule has 1 unspecified atom stereocenters. The first-order valence-corrected chi connectivity index (χ1v) is 8.10. The lowest BCUT2D eigenvalue weighted by Gasteiger charge is -2.32. The number of amides is 3. The highest BCUT2D eigenvalue weighted by atomic mass is 35.5. The van der Waals surface area contributed by atoms with Crippen LogP contribution in [0.25, 0.3) is 0 Å². The fourth-order valence-corrected chi connectivity index (χ4v) is 3.23. The molecule has 0 aliphatic carbocycles. The van der Waals surface area contributed by atoms with E-state index < -0.39 is 0 Å². The van der Waals surface area contributed by atoms with Crippen LogP contribution < -0.4 is 10.6 Å². The number of nitrogens with one attached hydrogen (secondary N) is 2. The predicted octanol–water partition coefficient (Wildman–Crippen LogP) is 3.48. The molecule has 0 spiro atoms. The smallest absolute Gasteiger partial charge is 0.319 e. The van der Waals surface area contributed by atoms with Crippen LogP contribution >= 0.6 is 11.6 Å². The average molecular weight is 338 g/mol. The van der Waals surface area contributed by atoms with Gasteiger partial charge in [0, 0.05) is 18.5 Å². The molecule has 6 heteroatoms. The molecule has 0 bridgehead atoms. The van der Waals surface area contributed by atoms with Crippen molar-refractivity contribution in [2.45, 2.75) is 52.6 Å². The van der Waals surface area contributed by atoms with Gasteiger partial charge in [-0.3, -0.25) is 4.79 Å². The van der Waals surface area contributed by atoms with Gasteiger partial charge in [0.25, 0.3) is 0 Å². The number of benzene rings is 1. The van der Waals surface area contributed by atoms with Gasteiger partial charge in [-0.1, -0.05) is 17.7 Å². The zero-order valence-electron chi connectivity index (χ0n) is 14.3. The topological polar surface area (TPSA) is 61.4 Å². The third kappa shape index (κ3) is 4.16. The van der Waals surface area contributed by atoms with Crippen LogP contribution in [-0.4, -0.2) is 35.0 Å². The minimum atomic E-state index is -0.340. The molecule has 2 N–H and O–H groups in total. The van der Waals surface area contributed by atoms with Gasteiger partial charge in [0.05, 0.1) is 16.8 Å². The third-order valence-electron chi connectivity index (χ3n) is 3.94. The highest BCUT2D eigenvalue weighted by Crippen LogP contribution is 2.27. The van der Waals surface area contributed by atoms with E-state index in [1.165, 1.54) is 0 Å². The van der Waals surface area contributed by atoms with E-state index in [1.54, 1.807) is 4.90 Å². The van der Waals surface area contributed by atoms with Gasteiger partial charge < -0.3 is 15.5 Å². The van der Waals surface area contributed by atoms with Crippen molar-refractivity contribution in [3.05, 3.63) is 28.3 Å². The second-order valence-corrected chi connectivity index (χ2v) is 7.52. The molecular weight excluding hydrogens is 314 g/mol. The van der Waals surface area contributed by atoms with Gasteiger partial charge in [0.1, 0.15) is 0 Å². The summed E-state index contributed by atoms with van der Waals surface area (Å²) in [6, 6.07) is 3.24. The van der Waals surface area contributed by atoms with Gasteiger partial charge in [-0.05, 0) is 51.8 Å². The molecule has 126 valence electrons. The van der Waals surface area contributed by atoms with Crippen LogP contribution in [0.5, 0.6) is 0 Å². The maximum atomic E-state index is 12.2. The van der Waals surface area contributed by atoms with Gasteiger partial charge in [-0.15, -0.1) is 0 Å². The van der Waals surface area contributed by atoms with E-state index in [4.69, 9.17) is 11.6 Å². The summed E-state index contributed by atoms with van der Waals surface area (Å²) in [4.78, 5) is 26.1. The van der Waals surface area contributed by atoms with E-state index in [2.05, 4.69) is 10.6 Å². The van der Waals surface area contributed by atoms with E-state index >= 15 is 0 Å². The Morgan fingerprint density at radius 2 is 1.96 bits per heavy atom. The van der Waals surface area contributed by atoms with Crippen LogP contribution in [0.4, 0.5) is 10.5 Å². The lowest BCUT2D eigenvalue weighted by Crippen LogP contribution is -2.45. The number of halogens is 1. The molecule has 0 saturated carbocycles. The van der Waals surface area contributed by atoms with Crippen LogP contribution in [0.2, 0.25) is 5.02 Å². The number of carbonyl (C=O) groups excluding carboxylic acids is 2. The van der Waals surface area contributed by atoms with Crippen molar-refractivity contribution in [1.29, 1.82) is 0 Å². The maximum Gasteiger partial charge on any atom is 0.319 e. The number of hydrogen-bond donors (Lipinski definition) is 2. The van der Waals surface area contributed by atoms with Gasteiger partial charge >= 0.3 is 6.03 Å². The molecule has 1 aliphatic heterocycles. The lowest BCUT2D eigenvalue weighted by molar-refractivity contribution is -0.131. The van der Waals surface area contributed by atoms with Crippen molar-refractivity contribution in [1.82, 2.24) is 10.2 Å². The number of hydrogen-bond acceptors (Lipinski definition) is 2. The van der Waals surface area contributed by atoms with Gasteiger partial charge in [-0.25, -0.2) is 4.79 Å². The first-order valence-electron chi connectivity index (χ1n) is 7.72. The Bertz CT molecular complexity index is 614. The van der Waals surface area contributed by atoms with Crippen molar-refractivity contribution in [3.8, 4) is 0 Å². The molecule has 0 aromatic heterocycles. The fraction of sp³-hybridized carbons (Fsp3) is 0.529. The van der Waals surface area contributed by atoms with Gasteiger partial charge in [0.15, 0.2) is 0 Å². The fourth-order valence-electron chi connectivity index (χ4n) is 2.86. The highest BCUT2D eigenvalue weighted by Gasteiger charge is 2.36. The van der Waals surface area contributed by atoms with Crippen molar-refractivity contribution in [3.63, 3.8) is 0 Å². The van der Waals surface area contributed by atoms with Crippen molar-refractivity contribution < 1.29 is 9.59 Å². The predicted molar refractivity (Wildman–Crippen MR) is 93.0 cm³/mol. The maximum absolute atomic E-state index is 12.2. The van der Waals surface area contributed by atoms with Crippen LogP contribution in [0, 0.1) is 13.8 Å². The van der Waals surface area contributed by atoms with E-state index in [0.717, 1.165) is 11.1 Å². The summed E-state index contributed by atoms with van der Waals surface area (Å²) in [6.07, 6.45) is 0.325. The molecule has 1 aromatic rings. The van der Waals surface area contributed by atoms with Gasteiger partial charge in [-0.2, -0.15) is 0 Å². The van der Waals surface area contributed by atoms with E-state index in [9.17, 15) is 9.59 Å². The molecule has 1 saturated heterocycles. The first kappa shape index (κ1) is 17.6. The van der Waals surface area contributed by atoms with E-state index in [1.807, 2.05) is 46.8 Å². The number of likely N-dealkylation sites (tertiary alicyclic amines) is 1. The summed E-state index contributed by atoms with van der Waals surface area (Å²) in [5.74, 6) is 0.0624. The second kappa shape index (κ2) is 6.40. The molecule has 1 fully saturated rings. The van der Waals surface area contributed by atoms with Crippen LogP contribution in [0.15, 0.2) is 12.1 Å². The quantitative estimate of drug-likeness (QED) is 0.868. The number of rotatable bonds is 2. The zero-order chi connectivity index (χ0) is 17.4. The largest absolute Gasteiger partial charge is 0.336 e. The first-order chi connectivity index (χ1) is 10.6. The molecule has 1 aliphatic rings. The van der Waals surface area contributed by atoms with Crippen LogP contribution in [0.3, 0.4) is 0 Å². The normalized spacial score (nSPS) is 18.3. The van der Waals surface area contributed by atoms with Crippen molar-refractivity contribution >= 4 is 29.2 Å². The summed E-state index contributed by atoms with van der Waals surface area (Å²) in [7, 11) is 0. The molecule has 1 heterocycles. The number of carbonyl (C=O) groups is 2. The summed E-state index contributed by atoms with van der Waals surface area (Å²) in [6.45, 7) is 10.3. The summed E-state index contributed by atoms with van der Waals surface area (Å²) in [5.41, 5.74) is 2.32. The Morgan fingerprint density at radius 3 is 2.48 bits per heavy atom. The summed E-state index contributed by atoms with van der Waals surface area (Å²) in [5, 5.41) is 6.16. The number of nitrogens with zero attached hydrogens (tertiary/aromatic N) is 1. The molecule has 1 aromatic carbocycles. The van der Waals surface area contributed by atoms with Crippen LogP contribution in [0.1, 0.15) is 38.3 Å². The monoisotopic (exact) mass is 337 g/mol. The number of aryl methyl sites for hydroxylation is 2. The average Bonchev–Trinajstić information content (AvgIpc) is 2.74. The van der Waals surface area contributed by atoms with E-state index in [-0.39, 0.29) is 23.5 Å². The minimum Gasteiger partial charge on any atom is -0.336 e. The Morgan fingerprint density at radius 1 is 1.30 bits per heavy atom. The molecular formula is C17H24ClN3O2. The molecule has 1 atom stereocenters. The Labute approximate surface area is 142 Å². The molecule has 5 nitrogen and oxygen atoms in total. The molecule has 0 radical (unpaired) electrons. The zero-order valence-corrected chi connectivity index (χ0v) is 15.0. The number of urea groups is 1. The lowest BCUT2D eigenvalue weighted by atomic mass is 10.1. The summed E-state index contributed by atoms with van der Waals surface area (Å²) >= 11 is 6.20. The van der Waals surface area contributed by atoms with E-state index in [0.29, 0.717) is 23.7 Å². The highest BCUT2D eigenvalue weighted by molar-refractivity contribution is 6.34. The third-order valence-corrected chi connectivity index (χ3v) is 4.24. The number of anilines is 1. The molecule has 3 amide bonds. The van der Waals surface area contributed by atoms with Crippen LogP contribution in [-0.2, 0) is 4.79 Å². The minimum absolute atomic E-state index is 0.0624. The summed E-state index contributed by atoms with van der Waals surface area (Å²) < 4.78 is 0. The SMILES string of the molecule is Cc1cc(C)c(NC(=O)NC2CC(=O)N(C(C)(C)C)C2)c(Cl)c1.